The lowest BCUT2D eigenvalue weighted by atomic mass is 9.94. The van der Waals surface area contributed by atoms with Crippen LogP contribution < -0.4 is 0 Å². The number of halogens is 2. The molecule has 0 aromatic heterocycles. The van der Waals surface area contributed by atoms with E-state index in [-0.39, 0.29) is 5.56 Å². The summed E-state index contributed by atoms with van der Waals surface area (Å²) in [5.74, 6) is -4.82. The molecule has 25 heavy (non-hydrogen) atoms. The van der Waals surface area contributed by atoms with E-state index in [1.54, 1.807) is 66.7 Å². The second-order valence-electron chi connectivity index (χ2n) is 5.61. The van der Waals surface area contributed by atoms with Crippen LogP contribution in [0.2, 0.25) is 0 Å². The molecule has 0 saturated heterocycles. The first kappa shape index (κ1) is 16.8. The van der Waals surface area contributed by atoms with E-state index < -0.39 is 11.7 Å². The highest BCUT2D eigenvalue weighted by Gasteiger charge is 2.37. The summed E-state index contributed by atoms with van der Waals surface area (Å²) >= 11 is 0. The molecule has 3 aromatic rings. The minimum absolute atomic E-state index is 0.00998. The van der Waals surface area contributed by atoms with Gasteiger partial charge in [-0.25, -0.2) is 0 Å². The predicted octanol–water partition coefficient (Wildman–Crippen LogP) is 5.64. The molecule has 0 unspecified atom stereocenters. The van der Waals surface area contributed by atoms with Crippen LogP contribution in [0, 0.1) is 0 Å². The summed E-state index contributed by atoms with van der Waals surface area (Å²) in [6, 6.07) is 25.4. The van der Waals surface area contributed by atoms with Gasteiger partial charge in [-0.3, -0.25) is 4.79 Å². The Balaban J connectivity index is 2.08. The van der Waals surface area contributed by atoms with E-state index in [2.05, 4.69) is 0 Å². The third kappa shape index (κ3) is 3.89. The molecule has 0 spiro atoms. The molecule has 0 bridgehead atoms. The fourth-order valence-electron chi connectivity index (χ4n) is 2.60. The van der Waals surface area contributed by atoms with Crippen LogP contribution in [-0.2, 0) is 0 Å². The Morgan fingerprint density at radius 3 is 1.40 bits per heavy atom. The van der Waals surface area contributed by atoms with Gasteiger partial charge in [-0.2, -0.15) is 8.78 Å². The number of benzene rings is 3. The summed E-state index contributed by atoms with van der Waals surface area (Å²) in [6.07, 6.45) is 0.757. The Morgan fingerprint density at radius 2 is 1.00 bits per heavy atom. The minimum Gasteiger partial charge on any atom is -0.287 e. The normalized spacial score (nSPS) is 11.0. The lowest BCUT2D eigenvalue weighted by Gasteiger charge is -2.15. The third-order valence-corrected chi connectivity index (χ3v) is 3.83. The largest absolute Gasteiger partial charge is 0.329 e. The molecule has 0 aliphatic heterocycles. The summed E-state index contributed by atoms with van der Waals surface area (Å²) in [4.78, 5) is 12.3. The van der Waals surface area contributed by atoms with Gasteiger partial charge in [-0.05, 0) is 16.7 Å². The van der Waals surface area contributed by atoms with E-state index in [1.165, 1.54) is 12.1 Å². The first-order chi connectivity index (χ1) is 12.1. The molecule has 0 amide bonds. The number of carbonyl (C=O) groups excluding carboxylic acids is 1. The van der Waals surface area contributed by atoms with Gasteiger partial charge < -0.3 is 0 Å². The Bertz CT molecular complexity index is 828. The molecule has 0 radical (unpaired) electrons. The molecule has 0 N–H and O–H groups in total. The van der Waals surface area contributed by atoms with Crippen molar-refractivity contribution >= 4 is 11.4 Å². The zero-order valence-electron chi connectivity index (χ0n) is 13.4. The molecule has 3 heteroatoms. The molecule has 124 valence electrons. The van der Waals surface area contributed by atoms with E-state index in [0.29, 0.717) is 16.7 Å². The van der Waals surface area contributed by atoms with Crippen LogP contribution in [-0.4, -0.2) is 11.7 Å². The van der Waals surface area contributed by atoms with Crippen LogP contribution >= 0.6 is 0 Å². The monoisotopic (exact) mass is 334 g/mol. The smallest absolute Gasteiger partial charge is 0.287 e. The van der Waals surface area contributed by atoms with Crippen LogP contribution in [0.1, 0.15) is 21.5 Å². The maximum Gasteiger partial charge on any atom is 0.329 e. The highest BCUT2D eigenvalue weighted by atomic mass is 19.3. The van der Waals surface area contributed by atoms with Gasteiger partial charge in [0.1, 0.15) is 0 Å². The van der Waals surface area contributed by atoms with Crippen LogP contribution in [0.25, 0.3) is 5.57 Å². The molecule has 0 fully saturated rings. The maximum atomic E-state index is 14.7. The zero-order chi connectivity index (χ0) is 17.7. The Labute approximate surface area is 145 Å². The number of hydrogen-bond acceptors (Lipinski definition) is 1. The first-order valence-electron chi connectivity index (χ1n) is 7.89. The van der Waals surface area contributed by atoms with Crippen LogP contribution in [0.5, 0.6) is 0 Å². The number of Topliss-reactive ketones (excluding diaryl/α,β-unsaturated/α-hetero) is 1. The summed E-state index contributed by atoms with van der Waals surface area (Å²) < 4.78 is 29.4. The van der Waals surface area contributed by atoms with Crippen molar-refractivity contribution in [1.29, 1.82) is 0 Å². The second kappa shape index (κ2) is 7.22. The first-order valence-corrected chi connectivity index (χ1v) is 7.89. The van der Waals surface area contributed by atoms with Crippen LogP contribution in [0.3, 0.4) is 0 Å². The Kier molecular flexibility index (Phi) is 4.85. The standard InChI is InChI=1S/C22H16F2O/c23-22(24,21(25)19-14-8-3-9-15-19)16-20(17-10-4-1-5-11-17)18-12-6-2-7-13-18/h1-16H. The van der Waals surface area contributed by atoms with Gasteiger partial charge >= 0.3 is 5.92 Å². The fourth-order valence-corrected chi connectivity index (χ4v) is 2.60. The molecule has 1 nitrogen and oxygen atoms in total. The maximum absolute atomic E-state index is 14.7. The Morgan fingerprint density at radius 1 is 0.640 bits per heavy atom. The van der Waals surface area contributed by atoms with Gasteiger partial charge in [0.15, 0.2) is 0 Å². The SMILES string of the molecule is O=C(c1ccccc1)C(F)(F)C=C(c1ccccc1)c1ccccc1. The van der Waals surface area contributed by atoms with E-state index in [1.807, 2.05) is 12.1 Å². The van der Waals surface area contributed by atoms with Crippen molar-refractivity contribution in [3.63, 3.8) is 0 Å². The summed E-state index contributed by atoms with van der Waals surface area (Å²) in [5.41, 5.74) is 1.59. The van der Waals surface area contributed by atoms with Gasteiger partial charge in [0, 0.05) is 11.6 Å². The van der Waals surface area contributed by atoms with E-state index in [4.69, 9.17) is 0 Å². The predicted molar refractivity (Wildman–Crippen MR) is 95.7 cm³/mol. The van der Waals surface area contributed by atoms with Gasteiger partial charge in [0.05, 0.1) is 0 Å². The minimum atomic E-state index is -3.61. The summed E-state index contributed by atoms with van der Waals surface area (Å²) in [5, 5.41) is 0. The average molecular weight is 334 g/mol. The average Bonchev–Trinajstić information content (AvgIpc) is 2.67. The van der Waals surface area contributed by atoms with Gasteiger partial charge in [-0.15, -0.1) is 0 Å². The van der Waals surface area contributed by atoms with Crippen molar-refractivity contribution in [1.82, 2.24) is 0 Å². The topological polar surface area (TPSA) is 17.1 Å². The van der Waals surface area contributed by atoms with Crippen molar-refractivity contribution in [2.24, 2.45) is 0 Å². The molecule has 3 aromatic carbocycles. The number of hydrogen-bond donors (Lipinski definition) is 0. The van der Waals surface area contributed by atoms with Gasteiger partial charge in [0.2, 0.25) is 5.78 Å². The van der Waals surface area contributed by atoms with Crippen molar-refractivity contribution in [3.8, 4) is 0 Å². The molecule has 3 rings (SSSR count). The number of ketones is 1. The van der Waals surface area contributed by atoms with E-state index in [9.17, 15) is 13.6 Å². The van der Waals surface area contributed by atoms with Crippen LogP contribution in [0.4, 0.5) is 8.78 Å². The van der Waals surface area contributed by atoms with Gasteiger partial charge in [0.25, 0.3) is 0 Å². The molecular formula is C22H16F2O. The highest BCUT2D eigenvalue weighted by molar-refractivity contribution is 6.04. The number of carbonyl (C=O) groups is 1. The highest BCUT2D eigenvalue weighted by Crippen LogP contribution is 2.30. The molecule has 0 aliphatic carbocycles. The van der Waals surface area contributed by atoms with Gasteiger partial charge in [-0.1, -0.05) is 91.0 Å². The molecule has 0 heterocycles. The number of alkyl halides is 2. The summed E-state index contributed by atoms with van der Waals surface area (Å²) in [6.45, 7) is 0. The molecule has 0 saturated carbocycles. The summed E-state index contributed by atoms with van der Waals surface area (Å²) in [7, 11) is 0. The van der Waals surface area contributed by atoms with Crippen molar-refractivity contribution in [3.05, 3.63) is 114 Å². The lowest BCUT2D eigenvalue weighted by Crippen LogP contribution is -2.26. The molecular weight excluding hydrogens is 318 g/mol. The Hall–Kier alpha value is -3.07. The van der Waals surface area contributed by atoms with E-state index >= 15 is 0 Å². The van der Waals surface area contributed by atoms with Crippen molar-refractivity contribution < 1.29 is 13.6 Å². The second-order valence-corrected chi connectivity index (χ2v) is 5.61. The quantitative estimate of drug-likeness (QED) is 0.552. The lowest BCUT2D eigenvalue weighted by molar-refractivity contribution is 0.0384. The molecule has 0 atom stereocenters. The third-order valence-electron chi connectivity index (χ3n) is 3.83. The number of rotatable bonds is 5. The van der Waals surface area contributed by atoms with E-state index in [0.717, 1.165) is 6.08 Å². The van der Waals surface area contributed by atoms with Crippen molar-refractivity contribution in [2.45, 2.75) is 5.92 Å². The fraction of sp³-hybridized carbons (Fsp3) is 0.0455. The molecule has 0 aliphatic rings. The van der Waals surface area contributed by atoms with Crippen molar-refractivity contribution in [2.75, 3.05) is 0 Å². The van der Waals surface area contributed by atoms with Crippen LogP contribution in [0.15, 0.2) is 97.1 Å². The zero-order valence-corrected chi connectivity index (χ0v) is 13.4. The number of allylic oxidation sites excluding steroid dienone is 1.